The lowest BCUT2D eigenvalue weighted by Crippen LogP contribution is -2.20. The van der Waals surface area contributed by atoms with Gasteiger partial charge in [0, 0.05) is 11.6 Å². The number of nitrogens with one attached hydrogen (secondary N) is 1. The van der Waals surface area contributed by atoms with Crippen LogP contribution in [0.1, 0.15) is 64.4 Å². The van der Waals surface area contributed by atoms with Crippen LogP contribution in [0, 0.1) is 0 Å². The number of aryl methyl sites for hydroxylation is 3. The van der Waals surface area contributed by atoms with E-state index in [4.69, 9.17) is 14.7 Å². The SMILES string of the molecule is CCc1cc(OC)ccc1-c1nc(CC)c(NC(CC)CC)nc1CC. The van der Waals surface area contributed by atoms with Crippen LogP contribution < -0.4 is 10.1 Å². The van der Waals surface area contributed by atoms with Crippen molar-refractivity contribution in [3.63, 3.8) is 0 Å². The van der Waals surface area contributed by atoms with Crippen LogP contribution in [0.2, 0.25) is 0 Å². The molecule has 2 aromatic rings. The van der Waals surface area contributed by atoms with Crippen molar-refractivity contribution in [2.75, 3.05) is 12.4 Å². The third-order valence-electron chi connectivity index (χ3n) is 4.98. The molecule has 0 aliphatic rings. The number of benzene rings is 1. The zero-order chi connectivity index (χ0) is 19.1. The van der Waals surface area contributed by atoms with Gasteiger partial charge in [-0.1, -0.05) is 34.6 Å². The smallest absolute Gasteiger partial charge is 0.148 e. The molecule has 1 N–H and O–H groups in total. The molecule has 1 aromatic heterocycles. The maximum atomic E-state index is 5.39. The summed E-state index contributed by atoms with van der Waals surface area (Å²) in [5.41, 5.74) is 5.52. The standard InChI is InChI=1S/C22H33N3O/c1-7-15-14-17(26-6)12-13-18(15)21-19(10-4)25-22(20(11-5)24-21)23-16(8-2)9-3/h12-14,16H,7-11H2,1-6H3,(H,23,25). The van der Waals surface area contributed by atoms with Crippen molar-refractivity contribution in [3.8, 4) is 17.0 Å². The Bertz CT molecular complexity index is 724. The van der Waals surface area contributed by atoms with E-state index in [-0.39, 0.29) is 0 Å². The number of ether oxygens (including phenoxy) is 1. The van der Waals surface area contributed by atoms with Crippen LogP contribution in [0.15, 0.2) is 18.2 Å². The van der Waals surface area contributed by atoms with Gasteiger partial charge in [0.05, 0.1) is 24.2 Å². The summed E-state index contributed by atoms with van der Waals surface area (Å²) in [5.74, 6) is 1.84. The number of anilines is 1. The molecule has 0 unspecified atom stereocenters. The monoisotopic (exact) mass is 355 g/mol. The van der Waals surface area contributed by atoms with Crippen molar-refractivity contribution in [1.82, 2.24) is 9.97 Å². The van der Waals surface area contributed by atoms with Crippen molar-refractivity contribution in [1.29, 1.82) is 0 Å². The van der Waals surface area contributed by atoms with Crippen LogP contribution in [0.25, 0.3) is 11.3 Å². The molecule has 2 rings (SSSR count). The lowest BCUT2D eigenvalue weighted by atomic mass is 9.99. The van der Waals surface area contributed by atoms with E-state index in [2.05, 4.69) is 52.1 Å². The fourth-order valence-corrected chi connectivity index (χ4v) is 3.24. The highest BCUT2D eigenvalue weighted by atomic mass is 16.5. The minimum absolute atomic E-state index is 0.442. The Hall–Kier alpha value is -2.10. The average Bonchev–Trinajstić information content (AvgIpc) is 2.70. The summed E-state index contributed by atoms with van der Waals surface area (Å²) in [5, 5.41) is 3.60. The highest BCUT2D eigenvalue weighted by Crippen LogP contribution is 2.31. The molecule has 4 nitrogen and oxygen atoms in total. The second-order valence-corrected chi connectivity index (χ2v) is 6.56. The molecular formula is C22H33N3O. The topological polar surface area (TPSA) is 47.0 Å². The van der Waals surface area contributed by atoms with Gasteiger partial charge in [0.1, 0.15) is 11.6 Å². The van der Waals surface area contributed by atoms with E-state index in [1.54, 1.807) is 7.11 Å². The molecule has 0 bridgehead atoms. The minimum Gasteiger partial charge on any atom is -0.497 e. The minimum atomic E-state index is 0.442. The predicted molar refractivity (Wildman–Crippen MR) is 110 cm³/mol. The Kier molecular flexibility index (Phi) is 7.43. The number of nitrogens with zero attached hydrogens (tertiary/aromatic N) is 2. The molecule has 1 heterocycles. The van der Waals surface area contributed by atoms with E-state index in [9.17, 15) is 0 Å². The van der Waals surface area contributed by atoms with Crippen molar-refractivity contribution >= 4 is 5.82 Å². The van der Waals surface area contributed by atoms with Crippen LogP contribution in [-0.4, -0.2) is 23.1 Å². The molecule has 0 spiro atoms. The van der Waals surface area contributed by atoms with Gasteiger partial charge in [0.2, 0.25) is 0 Å². The molecule has 142 valence electrons. The Morgan fingerprint density at radius 1 is 0.923 bits per heavy atom. The van der Waals surface area contributed by atoms with Gasteiger partial charge in [-0.25, -0.2) is 9.97 Å². The van der Waals surface area contributed by atoms with Gasteiger partial charge in [0.15, 0.2) is 0 Å². The van der Waals surface area contributed by atoms with Crippen molar-refractivity contribution in [2.45, 2.75) is 72.8 Å². The molecule has 1 aromatic carbocycles. The fourth-order valence-electron chi connectivity index (χ4n) is 3.24. The first kappa shape index (κ1) is 20.2. The van der Waals surface area contributed by atoms with Crippen LogP contribution >= 0.6 is 0 Å². The molecule has 0 amide bonds. The molecule has 0 saturated carbocycles. The summed E-state index contributed by atoms with van der Waals surface area (Å²) < 4.78 is 5.39. The van der Waals surface area contributed by atoms with Gasteiger partial charge in [-0.3, -0.25) is 0 Å². The second kappa shape index (κ2) is 9.56. The first-order valence-electron chi connectivity index (χ1n) is 9.95. The van der Waals surface area contributed by atoms with Gasteiger partial charge < -0.3 is 10.1 Å². The van der Waals surface area contributed by atoms with Gasteiger partial charge in [-0.15, -0.1) is 0 Å². The molecule has 0 aliphatic heterocycles. The summed E-state index contributed by atoms with van der Waals surface area (Å²) >= 11 is 0. The van der Waals surface area contributed by atoms with Crippen LogP contribution in [0.3, 0.4) is 0 Å². The number of hydrogen-bond donors (Lipinski definition) is 1. The Balaban J connectivity index is 2.56. The van der Waals surface area contributed by atoms with Crippen LogP contribution in [0.4, 0.5) is 5.82 Å². The first-order chi connectivity index (χ1) is 12.6. The fraction of sp³-hybridized carbons (Fsp3) is 0.545. The number of aromatic nitrogens is 2. The van der Waals surface area contributed by atoms with Gasteiger partial charge in [-0.2, -0.15) is 0 Å². The predicted octanol–water partition coefficient (Wildman–Crippen LogP) is 5.44. The van der Waals surface area contributed by atoms with E-state index in [1.165, 1.54) is 11.1 Å². The molecular weight excluding hydrogens is 322 g/mol. The van der Waals surface area contributed by atoms with E-state index in [0.717, 1.165) is 60.8 Å². The van der Waals surface area contributed by atoms with Crippen molar-refractivity contribution in [2.24, 2.45) is 0 Å². The lowest BCUT2D eigenvalue weighted by Gasteiger charge is -2.20. The summed E-state index contributed by atoms with van der Waals surface area (Å²) in [6.45, 7) is 10.9. The second-order valence-electron chi connectivity index (χ2n) is 6.56. The molecule has 0 saturated heterocycles. The third kappa shape index (κ3) is 4.35. The molecule has 0 atom stereocenters. The first-order valence-corrected chi connectivity index (χ1v) is 9.95. The van der Waals surface area contributed by atoms with E-state index < -0.39 is 0 Å². The average molecular weight is 356 g/mol. The Morgan fingerprint density at radius 3 is 2.15 bits per heavy atom. The van der Waals surface area contributed by atoms with Crippen molar-refractivity contribution < 1.29 is 4.74 Å². The number of methoxy groups -OCH3 is 1. The van der Waals surface area contributed by atoms with E-state index >= 15 is 0 Å². The highest BCUT2D eigenvalue weighted by molar-refractivity contribution is 5.68. The van der Waals surface area contributed by atoms with E-state index in [0.29, 0.717) is 6.04 Å². The Labute approximate surface area is 158 Å². The molecule has 26 heavy (non-hydrogen) atoms. The largest absolute Gasteiger partial charge is 0.497 e. The molecule has 4 heteroatoms. The number of rotatable bonds is 9. The van der Waals surface area contributed by atoms with Gasteiger partial charge in [0.25, 0.3) is 0 Å². The maximum absolute atomic E-state index is 5.39. The molecule has 0 aliphatic carbocycles. The lowest BCUT2D eigenvalue weighted by molar-refractivity contribution is 0.414. The summed E-state index contributed by atoms with van der Waals surface area (Å²) in [7, 11) is 1.71. The quantitative estimate of drug-likeness (QED) is 0.650. The normalized spacial score (nSPS) is 11.0. The number of hydrogen-bond acceptors (Lipinski definition) is 4. The summed E-state index contributed by atoms with van der Waals surface area (Å²) in [4.78, 5) is 10.0. The van der Waals surface area contributed by atoms with Crippen LogP contribution in [0.5, 0.6) is 5.75 Å². The van der Waals surface area contributed by atoms with E-state index in [1.807, 2.05) is 6.07 Å². The summed E-state index contributed by atoms with van der Waals surface area (Å²) in [6, 6.07) is 6.68. The van der Waals surface area contributed by atoms with Crippen LogP contribution in [-0.2, 0) is 19.3 Å². The van der Waals surface area contributed by atoms with Gasteiger partial charge in [-0.05, 0) is 55.9 Å². The maximum Gasteiger partial charge on any atom is 0.148 e. The third-order valence-corrected chi connectivity index (χ3v) is 4.98. The Morgan fingerprint density at radius 2 is 1.62 bits per heavy atom. The molecule has 0 radical (unpaired) electrons. The highest BCUT2D eigenvalue weighted by Gasteiger charge is 2.17. The summed E-state index contributed by atoms with van der Waals surface area (Å²) in [6.07, 6.45) is 4.84. The molecule has 0 fully saturated rings. The zero-order valence-corrected chi connectivity index (χ0v) is 17.1. The zero-order valence-electron chi connectivity index (χ0n) is 17.1. The van der Waals surface area contributed by atoms with Gasteiger partial charge >= 0.3 is 0 Å². The van der Waals surface area contributed by atoms with Crippen molar-refractivity contribution in [3.05, 3.63) is 35.2 Å².